The van der Waals surface area contributed by atoms with Crippen molar-refractivity contribution < 1.29 is 14.3 Å². The molecule has 4 aromatic rings. The number of rotatable bonds is 5. The summed E-state index contributed by atoms with van der Waals surface area (Å²) >= 11 is 25.8. The molecule has 46 heavy (non-hydrogen) atoms. The fraction of sp³-hybridized carbons (Fsp3) is 0.281. The van der Waals surface area contributed by atoms with Crippen LogP contribution >= 0.6 is 46.4 Å². The van der Waals surface area contributed by atoms with E-state index in [0.29, 0.717) is 35.4 Å². The van der Waals surface area contributed by atoms with Crippen LogP contribution in [0.15, 0.2) is 35.8 Å². The minimum absolute atomic E-state index is 0.0331. The number of pyridine rings is 3. The number of aromatic nitrogens is 3. The van der Waals surface area contributed by atoms with Crippen LogP contribution in [-0.2, 0) is 4.79 Å². The summed E-state index contributed by atoms with van der Waals surface area (Å²) in [5, 5.41) is 19.7. The van der Waals surface area contributed by atoms with Gasteiger partial charge >= 0.3 is 0 Å². The summed E-state index contributed by atoms with van der Waals surface area (Å²) in [6, 6.07) is 5.06. The first-order valence-electron chi connectivity index (χ1n) is 14.1. The zero-order valence-corrected chi connectivity index (χ0v) is 28.2. The van der Waals surface area contributed by atoms with Crippen LogP contribution in [0.3, 0.4) is 0 Å². The third-order valence-electron chi connectivity index (χ3n) is 7.99. The Balaban J connectivity index is 1.94. The molecular formula is C32H27Cl4FN6O3. The molecule has 0 saturated carbocycles. The van der Waals surface area contributed by atoms with E-state index in [1.165, 1.54) is 16.7 Å². The third-order valence-corrected chi connectivity index (χ3v) is 9.48. The van der Waals surface area contributed by atoms with Crippen LogP contribution in [0.2, 0.25) is 20.1 Å². The van der Waals surface area contributed by atoms with Crippen molar-refractivity contribution >= 4 is 69.0 Å². The van der Waals surface area contributed by atoms with Gasteiger partial charge < -0.3 is 14.9 Å². The minimum Gasteiger partial charge on any atom is -0.504 e. The van der Waals surface area contributed by atoms with Gasteiger partial charge in [-0.15, -0.1) is 0 Å². The fourth-order valence-corrected chi connectivity index (χ4v) is 6.81. The van der Waals surface area contributed by atoms with Crippen LogP contribution in [0.25, 0.3) is 28.0 Å². The number of halogens is 5. The van der Waals surface area contributed by atoms with Crippen molar-refractivity contribution in [3.05, 3.63) is 84.1 Å². The number of piperazine rings is 1. The van der Waals surface area contributed by atoms with E-state index in [0.717, 1.165) is 0 Å². The maximum Gasteiger partial charge on any atom is 0.276 e. The minimum atomic E-state index is -1.22. The van der Waals surface area contributed by atoms with E-state index in [1.807, 2.05) is 25.7 Å². The zero-order valence-electron chi connectivity index (χ0n) is 25.1. The Morgan fingerprint density at radius 1 is 1.20 bits per heavy atom. The Morgan fingerprint density at radius 3 is 2.50 bits per heavy atom. The quantitative estimate of drug-likeness (QED) is 0.131. The number of phenolic OH excluding ortho intramolecular Hbond substituents is 1. The molecule has 3 aromatic heterocycles. The van der Waals surface area contributed by atoms with E-state index >= 15 is 0 Å². The molecule has 0 unspecified atom stereocenters. The van der Waals surface area contributed by atoms with Gasteiger partial charge in [-0.05, 0) is 43.5 Å². The summed E-state index contributed by atoms with van der Waals surface area (Å²) in [6.45, 7) is 12.0. The highest BCUT2D eigenvalue weighted by Gasteiger charge is 2.33. The van der Waals surface area contributed by atoms with Crippen LogP contribution in [0.5, 0.6) is 5.75 Å². The highest BCUT2D eigenvalue weighted by molar-refractivity contribution is 6.47. The Kier molecular flexibility index (Phi) is 9.26. The van der Waals surface area contributed by atoms with E-state index < -0.39 is 27.2 Å². The third kappa shape index (κ3) is 5.35. The van der Waals surface area contributed by atoms with Gasteiger partial charge in [-0.3, -0.25) is 19.1 Å². The summed E-state index contributed by atoms with van der Waals surface area (Å²) in [5.74, 6) is -2.54. The van der Waals surface area contributed by atoms with Crippen LogP contribution in [-0.4, -0.2) is 56.1 Å². The molecule has 0 aliphatic carbocycles. The molecule has 4 heterocycles. The molecule has 1 saturated heterocycles. The number of carbonyl (C=O) groups excluding carboxylic acids is 1. The molecule has 9 nitrogen and oxygen atoms in total. The Morgan fingerprint density at radius 2 is 1.89 bits per heavy atom. The number of benzene rings is 1. The van der Waals surface area contributed by atoms with E-state index in [1.54, 1.807) is 24.1 Å². The molecule has 0 radical (unpaired) electrons. The second kappa shape index (κ2) is 12.7. The summed E-state index contributed by atoms with van der Waals surface area (Å²) in [7, 11) is 0. The van der Waals surface area contributed by atoms with Gasteiger partial charge in [-0.2, -0.15) is 5.26 Å². The smallest absolute Gasteiger partial charge is 0.276 e. The molecule has 1 aliphatic rings. The molecule has 0 bridgehead atoms. The molecule has 1 N–H and O–H groups in total. The predicted molar refractivity (Wildman–Crippen MR) is 179 cm³/mol. The molecule has 5 rings (SSSR count). The average Bonchev–Trinajstić information content (AvgIpc) is 3.02. The number of fused-ring (bicyclic) bond motifs is 1. The largest absolute Gasteiger partial charge is 0.504 e. The van der Waals surface area contributed by atoms with Crippen molar-refractivity contribution in [2.24, 2.45) is 0 Å². The highest BCUT2D eigenvalue weighted by atomic mass is 35.5. The number of aromatic hydroxyl groups is 1. The molecule has 1 fully saturated rings. The SMILES string of the molecule is C=CC(=O)N1CCN(c2c(C#N)c(=O)n(-c3c(C)ccnc3C(C)C)c3nc(-c4c(Cl)c(O)c(F)c(Cl)c4Cl)c(Cl)cc23)C[C@H]1C. The number of phenols is 1. The molecule has 14 heteroatoms. The van der Waals surface area contributed by atoms with Crippen molar-refractivity contribution in [3.63, 3.8) is 0 Å². The van der Waals surface area contributed by atoms with Crippen molar-refractivity contribution in [2.45, 2.75) is 39.7 Å². The number of nitriles is 1. The van der Waals surface area contributed by atoms with Gasteiger partial charge in [0.05, 0.1) is 42.9 Å². The van der Waals surface area contributed by atoms with Gasteiger partial charge in [0.1, 0.15) is 17.3 Å². The Hall–Kier alpha value is -3.88. The summed E-state index contributed by atoms with van der Waals surface area (Å²) in [4.78, 5) is 39.8. The van der Waals surface area contributed by atoms with Gasteiger partial charge in [-0.1, -0.05) is 66.8 Å². The number of anilines is 1. The molecule has 1 aromatic carbocycles. The number of hydrogen-bond donors (Lipinski definition) is 1. The normalized spacial score (nSPS) is 15.0. The van der Waals surface area contributed by atoms with E-state index in [4.69, 9.17) is 51.4 Å². The number of amides is 1. The number of hydrogen-bond acceptors (Lipinski definition) is 7. The standard InChI is InChI=1S/C32H27Cl4FN6O3/c1-6-20(44)42-10-9-41(13-16(42)5)29-17-11-19(33)27(21-22(34)24(36)25(37)30(45)23(21)35)40-31(17)43(32(46)18(29)12-38)28-15(4)7-8-39-26(28)14(2)3/h6-8,11,14,16,45H,1,9-10,13H2,2-5H3/t16-/m1/s1. The summed E-state index contributed by atoms with van der Waals surface area (Å²) in [5.41, 5.74) is 0.950. The Bertz CT molecular complexity index is 2030. The molecule has 0 spiro atoms. The lowest BCUT2D eigenvalue weighted by molar-refractivity contribution is -0.128. The van der Waals surface area contributed by atoms with Crippen molar-refractivity contribution in [3.8, 4) is 28.8 Å². The van der Waals surface area contributed by atoms with Crippen LogP contribution in [0.1, 0.15) is 43.5 Å². The van der Waals surface area contributed by atoms with E-state index in [9.17, 15) is 24.3 Å². The van der Waals surface area contributed by atoms with Gasteiger partial charge in [0.2, 0.25) is 5.91 Å². The second-order valence-corrected chi connectivity index (χ2v) is 12.7. The predicted octanol–water partition coefficient (Wildman–Crippen LogP) is 7.43. The zero-order chi connectivity index (χ0) is 33.8. The molecule has 238 valence electrons. The second-order valence-electron chi connectivity index (χ2n) is 11.2. The van der Waals surface area contributed by atoms with Gasteiger partial charge in [0, 0.05) is 42.8 Å². The highest BCUT2D eigenvalue weighted by Crippen LogP contribution is 2.48. The van der Waals surface area contributed by atoms with Crippen molar-refractivity contribution in [1.82, 2.24) is 19.4 Å². The molecule has 1 amide bonds. The van der Waals surface area contributed by atoms with Gasteiger partial charge in [0.25, 0.3) is 5.56 Å². The lowest BCUT2D eigenvalue weighted by Crippen LogP contribution is -2.54. The van der Waals surface area contributed by atoms with E-state index in [-0.39, 0.29) is 62.6 Å². The monoisotopic (exact) mass is 702 g/mol. The number of aryl methyl sites for hydroxylation is 1. The number of nitrogens with zero attached hydrogens (tertiary/aromatic N) is 6. The maximum atomic E-state index is 14.6. The molecular weight excluding hydrogens is 677 g/mol. The van der Waals surface area contributed by atoms with E-state index in [2.05, 4.69) is 17.6 Å². The molecule has 1 aliphatic heterocycles. The lowest BCUT2D eigenvalue weighted by atomic mass is 10.0. The van der Waals surface area contributed by atoms with Crippen LogP contribution in [0, 0.1) is 24.1 Å². The lowest BCUT2D eigenvalue weighted by Gasteiger charge is -2.41. The van der Waals surface area contributed by atoms with Crippen molar-refractivity contribution in [1.29, 1.82) is 5.26 Å². The molecule has 1 atom stereocenters. The van der Waals surface area contributed by atoms with Crippen molar-refractivity contribution in [2.75, 3.05) is 24.5 Å². The average molecular weight is 704 g/mol. The first-order chi connectivity index (χ1) is 21.7. The van der Waals surface area contributed by atoms with Gasteiger partial charge in [-0.25, -0.2) is 9.37 Å². The van der Waals surface area contributed by atoms with Crippen LogP contribution in [0.4, 0.5) is 10.1 Å². The first-order valence-corrected chi connectivity index (χ1v) is 15.6. The maximum absolute atomic E-state index is 14.6. The Labute approximate surface area is 284 Å². The number of carbonyl (C=O) groups is 1. The summed E-state index contributed by atoms with van der Waals surface area (Å²) in [6.07, 6.45) is 2.87. The topological polar surface area (TPSA) is 115 Å². The fourth-order valence-electron chi connectivity index (χ4n) is 5.80. The summed E-state index contributed by atoms with van der Waals surface area (Å²) < 4.78 is 15.9. The first kappa shape index (κ1) is 33.5. The van der Waals surface area contributed by atoms with Gasteiger partial charge in [0.15, 0.2) is 11.6 Å². The van der Waals surface area contributed by atoms with Crippen LogP contribution < -0.4 is 10.5 Å².